The highest BCUT2D eigenvalue weighted by atomic mass is 35.5. The van der Waals surface area contributed by atoms with E-state index in [1.165, 1.54) is 4.42 Å². The molecule has 1 N–H and O–H groups in total. The standard InChI is InChI=1S/C19H23Cl2N3O3/c1-2-27-15-10-12(11-23-5-7-26-8-6-23)9-14-17(15)18-13(19(25)22-14)3-4-16(20)24(18)21/h9-10,16H,2-8,11H2,1H3,(H,22,25). The molecule has 0 radical (unpaired) electrons. The third-order valence-corrected chi connectivity index (χ3v) is 6.03. The molecule has 0 spiro atoms. The van der Waals surface area contributed by atoms with E-state index in [9.17, 15) is 4.79 Å². The molecule has 1 aromatic carbocycles. The predicted octanol–water partition coefficient (Wildman–Crippen LogP) is 3.23. The van der Waals surface area contributed by atoms with Gasteiger partial charge in [-0.3, -0.25) is 14.1 Å². The van der Waals surface area contributed by atoms with Gasteiger partial charge in [0, 0.05) is 37.0 Å². The summed E-state index contributed by atoms with van der Waals surface area (Å²) in [6.45, 7) is 6.53. The summed E-state index contributed by atoms with van der Waals surface area (Å²) in [7, 11) is 0. The lowest BCUT2D eigenvalue weighted by molar-refractivity contribution is 0.0342. The van der Waals surface area contributed by atoms with Crippen molar-refractivity contribution in [3.8, 4) is 5.75 Å². The molecule has 6 nitrogen and oxygen atoms in total. The van der Waals surface area contributed by atoms with Crippen molar-refractivity contribution in [2.45, 2.75) is 31.8 Å². The van der Waals surface area contributed by atoms with Crippen LogP contribution in [0.1, 0.15) is 24.5 Å². The Morgan fingerprint density at radius 2 is 2.11 bits per heavy atom. The van der Waals surface area contributed by atoms with Crippen LogP contribution < -0.4 is 14.7 Å². The number of nitrogens with one attached hydrogen (secondary N) is 1. The number of benzene rings is 1. The summed E-state index contributed by atoms with van der Waals surface area (Å²) >= 11 is 12.8. The van der Waals surface area contributed by atoms with Crippen molar-refractivity contribution in [1.82, 2.24) is 9.88 Å². The number of anilines is 1. The van der Waals surface area contributed by atoms with Crippen LogP contribution in [0, 0.1) is 0 Å². The number of rotatable bonds is 4. The monoisotopic (exact) mass is 411 g/mol. The molecule has 1 aromatic heterocycles. The largest absolute Gasteiger partial charge is 0.493 e. The second-order valence-corrected chi connectivity index (χ2v) is 7.77. The molecule has 2 aliphatic rings. The molecule has 1 atom stereocenters. The number of morpholine rings is 1. The van der Waals surface area contributed by atoms with Crippen molar-refractivity contribution >= 4 is 40.0 Å². The van der Waals surface area contributed by atoms with Crippen molar-refractivity contribution in [3.05, 3.63) is 33.6 Å². The van der Waals surface area contributed by atoms with Crippen LogP contribution in [0.2, 0.25) is 0 Å². The molecule has 0 amide bonds. The lowest BCUT2D eigenvalue weighted by atomic mass is 9.99. The van der Waals surface area contributed by atoms with Gasteiger partial charge in [-0.1, -0.05) is 11.6 Å². The fourth-order valence-electron chi connectivity index (χ4n) is 3.83. The van der Waals surface area contributed by atoms with Gasteiger partial charge in [0.2, 0.25) is 0 Å². The number of aromatic amines is 1. The van der Waals surface area contributed by atoms with Crippen LogP contribution in [0.5, 0.6) is 5.75 Å². The zero-order valence-corrected chi connectivity index (χ0v) is 16.8. The van der Waals surface area contributed by atoms with Gasteiger partial charge in [-0.15, -0.1) is 0 Å². The Morgan fingerprint density at radius 1 is 1.33 bits per heavy atom. The van der Waals surface area contributed by atoms with Crippen LogP contribution >= 0.6 is 23.4 Å². The number of aromatic nitrogens is 1. The molecule has 0 aliphatic carbocycles. The van der Waals surface area contributed by atoms with Gasteiger partial charge in [0.15, 0.2) is 0 Å². The van der Waals surface area contributed by atoms with Crippen molar-refractivity contribution in [2.24, 2.45) is 0 Å². The quantitative estimate of drug-likeness (QED) is 0.475. The van der Waals surface area contributed by atoms with Crippen molar-refractivity contribution in [3.63, 3.8) is 0 Å². The molecule has 4 rings (SSSR count). The van der Waals surface area contributed by atoms with Crippen LogP contribution in [0.15, 0.2) is 16.9 Å². The second-order valence-electron chi connectivity index (χ2n) is 6.90. The van der Waals surface area contributed by atoms with Gasteiger partial charge >= 0.3 is 0 Å². The minimum Gasteiger partial charge on any atom is -0.493 e. The van der Waals surface area contributed by atoms with Crippen molar-refractivity contribution in [1.29, 1.82) is 0 Å². The Morgan fingerprint density at radius 3 is 2.85 bits per heavy atom. The first-order chi connectivity index (χ1) is 13.1. The van der Waals surface area contributed by atoms with Gasteiger partial charge in [-0.05, 0) is 37.5 Å². The topological polar surface area (TPSA) is 57.8 Å². The number of halogens is 2. The van der Waals surface area contributed by atoms with Crippen LogP contribution in [0.25, 0.3) is 10.9 Å². The third-order valence-electron chi connectivity index (χ3n) is 5.11. The minimum absolute atomic E-state index is 0.113. The summed E-state index contributed by atoms with van der Waals surface area (Å²) in [6.07, 6.45) is 1.23. The number of pyridine rings is 1. The predicted molar refractivity (Wildman–Crippen MR) is 108 cm³/mol. The van der Waals surface area contributed by atoms with Gasteiger partial charge in [0.05, 0.1) is 36.4 Å². The zero-order valence-electron chi connectivity index (χ0n) is 15.3. The number of fused-ring (bicyclic) bond motifs is 3. The lowest BCUT2D eigenvalue weighted by Gasteiger charge is -2.31. The van der Waals surface area contributed by atoms with Crippen LogP contribution in [0.3, 0.4) is 0 Å². The molecular formula is C19H23Cl2N3O3. The number of alkyl halides is 1. The maximum atomic E-state index is 12.6. The number of hydrogen-bond acceptors (Lipinski definition) is 5. The molecule has 2 aromatic rings. The molecule has 3 heterocycles. The van der Waals surface area contributed by atoms with E-state index in [-0.39, 0.29) is 11.1 Å². The molecular weight excluding hydrogens is 389 g/mol. The summed E-state index contributed by atoms with van der Waals surface area (Å²) in [5.74, 6) is 0.724. The Bertz CT molecular complexity index is 896. The molecule has 0 saturated carbocycles. The molecule has 8 heteroatoms. The normalized spacial score (nSPS) is 20.7. The highest BCUT2D eigenvalue weighted by molar-refractivity contribution is 6.35. The van der Waals surface area contributed by atoms with Crippen LogP contribution in [-0.4, -0.2) is 48.3 Å². The van der Waals surface area contributed by atoms with E-state index < -0.39 is 0 Å². The SMILES string of the molecule is CCOc1cc(CN2CCOCC2)cc2[nH]c(=O)c3c(c12)N(Cl)C(Cl)CC3. The highest BCUT2D eigenvalue weighted by Crippen LogP contribution is 2.42. The van der Waals surface area contributed by atoms with Gasteiger partial charge < -0.3 is 14.5 Å². The average Bonchev–Trinajstić information content (AvgIpc) is 2.65. The Hall–Kier alpha value is -1.47. The van der Waals surface area contributed by atoms with Gasteiger partial charge in [-0.2, -0.15) is 0 Å². The minimum atomic E-state index is -0.355. The maximum absolute atomic E-state index is 12.6. The molecule has 2 aliphatic heterocycles. The number of hydrogen-bond donors (Lipinski definition) is 1. The van der Waals surface area contributed by atoms with E-state index in [2.05, 4.69) is 9.88 Å². The number of H-pyrrole nitrogens is 1. The van der Waals surface area contributed by atoms with E-state index in [1.54, 1.807) is 0 Å². The Kier molecular flexibility index (Phi) is 5.50. The van der Waals surface area contributed by atoms with E-state index >= 15 is 0 Å². The third kappa shape index (κ3) is 3.63. The summed E-state index contributed by atoms with van der Waals surface area (Å²) < 4.78 is 12.8. The molecule has 0 bridgehead atoms. The number of nitrogens with zero attached hydrogens (tertiary/aromatic N) is 2. The van der Waals surface area contributed by atoms with E-state index in [4.69, 9.17) is 32.9 Å². The first-order valence-corrected chi connectivity index (χ1v) is 10.1. The van der Waals surface area contributed by atoms with Crippen molar-refractivity contribution < 1.29 is 9.47 Å². The highest BCUT2D eigenvalue weighted by Gasteiger charge is 2.29. The summed E-state index contributed by atoms with van der Waals surface area (Å²) in [6, 6.07) is 4.06. The number of ether oxygens (including phenoxy) is 2. The van der Waals surface area contributed by atoms with E-state index in [1.807, 2.05) is 19.1 Å². The smallest absolute Gasteiger partial charge is 0.253 e. The van der Waals surface area contributed by atoms with Gasteiger partial charge in [0.25, 0.3) is 5.56 Å². The second kappa shape index (κ2) is 7.87. The fourth-order valence-corrected chi connectivity index (χ4v) is 4.32. The molecule has 1 fully saturated rings. The van der Waals surface area contributed by atoms with E-state index in [0.717, 1.165) is 55.1 Å². The van der Waals surface area contributed by atoms with Gasteiger partial charge in [0.1, 0.15) is 11.3 Å². The zero-order chi connectivity index (χ0) is 19.0. The summed E-state index contributed by atoms with van der Waals surface area (Å²) in [5, 5.41) is 0.817. The fraction of sp³-hybridized carbons (Fsp3) is 0.526. The Balaban J connectivity index is 1.85. The van der Waals surface area contributed by atoms with Gasteiger partial charge in [-0.25, -0.2) is 0 Å². The summed E-state index contributed by atoms with van der Waals surface area (Å²) in [5.41, 5.74) is 2.68. The maximum Gasteiger partial charge on any atom is 0.253 e. The molecule has 1 unspecified atom stereocenters. The van der Waals surface area contributed by atoms with Crippen molar-refractivity contribution in [2.75, 3.05) is 37.3 Å². The lowest BCUT2D eigenvalue weighted by Crippen LogP contribution is -2.35. The average molecular weight is 412 g/mol. The van der Waals surface area contributed by atoms with E-state index in [0.29, 0.717) is 30.7 Å². The van der Waals surface area contributed by atoms with Crippen LogP contribution in [0.4, 0.5) is 5.69 Å². The first kappa shape index (κ1) is 18.9. The molecule has 27 heavy (non-hydrogen) atoms. The van der Waals surface area contributed by atoms with Crippen LogP contribution in [-0.2, 0) is 17.7 Å². The Labute approximate surface area is 168 Å². The first-order valence-electron chi connectivity index (χ1n) is 9.32. The molecule has 1 saturated heterocycles. The summed E-state index contributed by atoms with van der Waals surface area (Å²) in [4.78, 5) is 18.0. The molecule has 146 valence electrons.